The largest absolute Gasteiger partial charge is 0.495 e. The Bertz CT molecular complexity index is 1020. The molecule has 0 unspecified atom stereocenters. The van der Waals surface area contributed by atoms with Crippen molar-refractivity contribution in [3.63, 3.8) is 0 Å². The van der Waals surface area contributed by atoms with Gasteiger partial charge in [-0.15, -0.1) is 0 Å². The number of rotatable bonds is 6. The zero-order chi connectivity index (χ0) is 20.9. The van der Waals surface area contributed by atoms with E-state index < -0.39 is 0 Å². The first kappa shape index (κ1) is 19.6. The van der Waals surface area contributed by atoms with E-state index in [0.29, 0.717) is 42.8 Å². The van der Waals surface area contributed by atoms with Crippen molar-refractivity contribution in [2.45, 2.75) is 19.6 Å². The lowest BCUT2D eigenvalue weighted by Crippen LogP contribution is -2.36. The summed E-state index contributed by atoms with van der Waals surface area (Å²) in [5.41, 5.74) is 3.27. The summed E-state index contributed by atoms with van der Waals surface area (Å²) in [4.78, 5) is 27.6. The highest BCUT2D eigenvalue weighted by atomic mass is 16.5. The van der Waals surface area contributed by atoms with E-state index in [1.807, 2.05) is 24.3 Å². The summed E-state index contributed by atoms with van der Waals surface area (Å²) in [6, 6.07) is 11.0. The van der Waals surface area contributed by atoms with Gasteiger partial charge in [-0.2, -0.15) is 0 Å². The van der Waals surface area contributed by atoms with E-state index in [9.17, 15) is 4.79 Å². The highest BCUT2D eigenvalue weighted by Gasteiger charge is 2.23. The van der Waals surface area contributed by atoms with Gasteiger partial charge in [-0.1, -0.05) is 6.07 Å². The molecule has 8 nitrogen and oxygen atoms in total. The Labute approximate surface area is 174 Å². The van der Waals surface area contributed by atoms with Crippen LogP contribution in [0.2, 0.25) is 0 Å². The number of carbonyl (C=O) groups excluding carboxylic acids is 1. The van der Waals surface area contributed by atoms with E-state index >= 15 is 0 Å². The minimum atomic E-state index is -0.0774. The summed E-state index contributed by atoms with van der Waals surface area (Å²) in [7, 11) is 3.14. The first-order valence-electron chi connectivity index (χ1n) is 9.56. The quantitative estimate of drug-likeness (QED) is 0.622. The molecule has 0 radical (unpaired) electrons. The van der Waals surface area contributed by atoms with Crippen LogP contribution in [0.5, 0.6) is 17.5 Å². The monoisotopic (exact) mass is 406 g/mol. The molecule has 4 heterocycles. The van der Waals surface area contributed by atoms with Crippen molar-refractivity contribution in [1.29, 1.82) is 0 Å². The van der Waals surface area contributed by atoms with Crippen LogP contribution in [0.1, 0.15) is 27.3 Å². The Kier molecular flexibility index (Phi) is 5.74. The van der Waals surface area contributed by atoms with Crippen molar-refractivity contribution >= 4 is 5.91 Å². The summed E-state index contributed by atoms with van der Waals surface area (Å²) in [5.74, 6) is 1.60. The smallest absolute Gasteiger partial charge is 0.255 e. The van der Waals surface area contributed by atoms with Crippen LogP contribution in [-0.2, 0) is 19.6 Å². The lowest BCUT2D eigenvalue weighted by Gasteiger charge is -2.28. The van der Waals surface area contributed by atoms with Crippen LogP contribution in [0.4, 0.5) is 0 Å². The molecular formula is C22H22N4O4. The average molecular weight is 406 g/mol. The second-order valence-electron chi connectivity index (χ2n) is 6.80. The molecule has 0 atom stereocenters. The molecule has 0 aromatic carbocycles. The van der Waals surface area contributed by atoms with Gasteiger partial charge in [-0.3, -0.25) is 9.78 Å². The van der Waals surface area contributed by atoms with Gasteiger partial charge in [-0.05, 0) is 30.2 Å². The highest BCUT2D eigenvalue weighted by Crippen LogP contribution is 2.22. The number of methoxy groups -OCH3 is 2. The van der Waals surface area contributed by atoms with Crippen LogP contribution in [0, 0.1) is 0 Å². The maximum Gasteiger partial charge on any atom is 0.255 e. The van der Waals surface area contributed by atoms with Gasteiger partial charge in [0, 0.05) is 24.9 Å². The molecule has 30 heavy (non-hydrogen) atoms. The van der Waals surface area contributed by atoms with Crippen LogP contribution in [0.15, 0.2) is 48.8 Å². The number of carbonyl (C=O) groups is 1. The van der Waals surface area contributed by atoms with E-state index in [2.05, 4.69) is 15.0 Å². The molecule has 154 valence electrons. The van der Waals surface area contributed by atoms with Gasteiger partial charge in [0.15, 0.2) is 0 Å². The van der Waals surface area contributed by atoms with Crippen LogP contribution >= 0.6 is 0 Å². The van der Waals surface area contributed by atoms with Gasteiger partial charge in [-0.25, -0.2) is 9.97 Å². The van der Waals surface area contributed by atoms with Gasteiger partial charge in [0.25, 0.3) is 5.91 Å². The fourth-order valence-corrected chi connectivity index (χ4v) is 3.22. The Morgan fingerprint density at radius 2 is 1.87 bits per heavy atom. The number of amides is 1. The molecule has 3 aromatic heterocycles. The van der Waals surface area contributed by atoms with E-state index in [0.717, 1.165) is 23.4 Å². The van der Waals surface area contributed by atoms with Crippen molar-refractivity contribution in [3.05, 3.63) is 71.3 Å². The van der Waals surface area contributed by atoms with Gasteiger partial charge in [0.05, 0.1) is 43.9 Å². The van der Waals surface area contributed by atoms with Crippen molar-refractivity contribution < 1.29 is 19.0 Å². The van der Waals surface area contributed by atoms with Gasteiger partial charge in [0.1, 0.15) is 12.4 Å². The fourth-order valence-electron chi connectivity index (χ4n) is 3.22. The number of hydrogen-bond acceptors (Lipinski definition) is 7. The first-order valence-corrected chi connectivity index (χ1v) is 9.56. The molecule has 1 aliphatic rings. The third kappa shape index (κ3) is 4.32. The molecule has 1 amide bonds. The van der Waals surface area contributed by atoms with Crippen LogP contribution in [-0.4, -0.2) is 46.5 Å². The molecular weight excluding hydrogens is 384 g/mol. The zero-order valence-electron chi connectivity index (χ0n) is 16.9. The predicted molar refractivity (Wildman–Crippen MR) is 109 cm³/mol. The van der Waals surface area contributed by atoms with E-state index in [4.69, 9.17) is 14.2 Å². The molecule has 0 bridgehead atoms. The van der Waals surface area contributed by atoms with Gasteiger partial charge < -0.3 is 19.1 Å². The highest BCUT2D eigenvalue weighted by molar-refractivity contribution is 5.94. The maximum absolute atomic E-state index is 12.8. The van der Waals surface area contributed by atoms with Crippen molar-refractivity contribution in [2.75, 3.05) is 20.8 Å². The minimum Gasteiger partial charge on any atom is -0.495 e. The van der Waals surface area contributed by atoms with Crippen molar-refractivity contribution in [3.8, 4) is 17.5 Å². The second kappa shape index (κ2) is 8.77. The molecule has 3 aromatic rings. The number of pyridine rings is 3. The Balaban J connectivity index is 1.42. The number of nitrogens with zero attached hydrogens (tertiary/aromatic N) is 4. The molecule has 0 saturated carbocycles. The van der Waals surface area contributed by atoms with E-state index in [-0.39, 0.29) is 5.91 Å². The fraction of sp³-hybridized carbons (Fsp3) is 0.273. The number of fused-ring (bicyclic) bond motifs is 1. The third-order valence-electron chi connectivity index (χ3n) is 4.92. The Hall–Kier alpha value is -3.68. The van der Waals surface area contributed by atoms with Crippen LogP contribution in [0.25, 0.3) is 0 Å². The first-order chi connectivity index (χ1) is 14.7. The van der Waals surface area contributed by atoms with Gasteiger partial charge in [0.2, 0.25) is 11.8 Å². The standard InChI is InChI=1S/C22H22N4O4/c1-28-18-6-5-17(23-12-18)14-30-21-8-3-15-9-10-26(13-19(15)25-21)22(27)16-4-7-20(29-2)24-11-16/h3-8,11-12H,9-10,13-14H2,1-2H3. The molecule has 0 saturated heterocycles. The molecule has 8 heteroatoms. The minimum absolute atomic E-state index is 0.0774. The number of ether oxygens (including phenoxy) is 3. The Morgan fingerprint density at radius 3 is 2.57 bits per heavy atom. The lowest BCUT2D eigenvalue weighted by atomic mass is 10.0. The number of aromatic nitrogens is 3. The van der Waals surface area contributed by atoms with Crippen molar-refractivity contribution in [2.24, 2.45) is 0 Å². The molecule has 0 aliphatic carbocycles. The molecule has 0 N–H and O–H groups in total. The summed E-state index contributed by atoms with van der Waals surface area (Å²) < 4.78 is 16.0. The summed E-state index contributed by atoms with van der Waals surface area (Å²) in [6.45, 7) is 1.36. The zero-order valence-corrected chi connectivity index (χ0v) is 16.9. The summed E-state index contributed by atoms with van der Waals surface area (Å²) >= 11 is 0. The van der Waals surface area contributed by atoms with Gasteiger partial charge >= 0.3 is 0 Å². The molecule has 0 spiro atoms. The molecule has 0 fully saturated rings. The molecule has 1 aliphatic heterocycles. The molecule has 4 rings (SSSR count). The maximum atomic E-state index is 12.8. The van der Waals surface area contributed by atoms with E-state index in [1.54, 1.807) is 37.4 Å². The normalized spacial score (nSPS) is 12.8. The number of hydrogen-bond donors (Lipinski definition) is 0. The van der Waals surface area contributed by atoms with Crippen molar-refractivity contribution in [1.82, 2.24) is 19.9 Å². The third-order valence-corrected chi connectivity index (χ3v) is 4.92. The van der Waals surface area contributed by atoms with Crippen LogP contribution < -0.4 is 14.2 Å². The predicted octanol–water partition coefficient (Wildman–Crippen LogP) is 2.67. The average Bonchev–Trinajstić information content (AvgIpc) is 2.82. The summed E-state index contributed by atoms with van der Waals surface area (Å²) in [6.07, 6.45) is 3.93. The second-order valence-corrected chi connectivity index (χ2v) is 6.80. The topological polar surface area (TPSA) is 86.7 Å². The summed E-state index contributed by atoms with van der Waals surface area (Å²) in [5, 5.41) is 0. The van der Waals surface area contributed by atoms with Crippen LogP contribution in [0.3, 0.4) is 0 Å². The Morgan fingerprint density at radius 1 is 1.00 bits per heavy atom. The SMILES string of the molecule is COc1ccc(COc2ccc3c(n2)CN(C(=O)c2ccc(OC)nc2)CC3)nc1. The lowest BCUT2D eigenvalue weighted by molar-refractivity contribution is 0.0730. The van der Waals surface area contributed by atoms with E-state index in [1.165, 1.54) is 6.20 Å².